The Bertz CT molecular complexity index is 1150. The molecule has 2 heterocycles. The fourth-order valence-electron chi connectivity index (χ4n) is 4.00. The van der Waals surface area contributed by atoms with Crippen molar-refractivity contribution >= 4 is 17.5 Å². The summed E-state index contributed by atoms with van der Waals surface area (Å²) in [6, 6.07) is 12.9. The van der Waals surface area contributed by atoms with E-state index in [1.165, 1.54) is 16.8 Å². The van der Waals surface area contributed by atoms with Crippen molar-refractivity contribution in [1.82, 2.24) is 15.0 Å². The number of anilines is 2. The first-order chi connectivity index (χ1) is 16.7. The van der Waals surface area contributed by atoms with Crippen molar-refractivity contribution in [2.75, 3.05) is 30.4 Å². The summed E-state index contributed by atoms with van der Waals surface area (Å²) in [6.07, 6.45) is -3.16. The van der Waals surface area contributed by atoms with E-state index in [2.05, 4.69) is 20.4 Å². The minimum Gasteiger partial charge on any atom is -0.497 e. The third-order valence-electron chi connectivity index (χ3n) is 5.63. The smallest absolute Gasteiger partial charge is 0.497 e. The largest absolute Gasteiger partial charge is 0.573 e. The third kappa shape index (κ3) is 6.14. The number of carboxylic acids is 1. The van der Waals surface area contributed by atoms with Gasteiger partial charge in [0.05, 0.1) is 13.7 Å². The zero-order chi connectivity index (χ0) is 25.0. The molecule has 0 amide bonds. The zero-order valence-corrected chi connectivity index (χ0v) is 18.8. The summed E-state index contributed by atoms with van der Waals surface area (Å²) >= 11 is 0. The molecular weight excluding hydrogens is 467 g/mol. The summed E-state index contributed by atoms with van der Waals surface area (Å²) < 4.78 is 47.9. The molecule has 2 aromatic carbocycles. The van der Waals surface area contributed by atoms with E-state index in [0.29, 0.717) is 31.2 Å². The highest BCUT2D eigenvalue weighted by molar-refractivity contribution is 5.90. The Morgan fingerprint density at radius 1 is 1.14 bits per heavy atom. The summed E-state index contributed by atoms with van der Waals surface area (Å²) in [5, 5.41) is 20.7. The lowest BCUT2D eigenvalue weighted by Gasteiger charge is -2.35. The van der Waals surface area contributed by atoms with Gasteiger partial charge in [-0.25, -0.2) is 9.48 Å². The van der Waals surface area contributed by atoms with Gasteiger partial charge < -0.3 is 24.8 Å². The number of carboxylic acid groups (broad SMARTS) is 1. The number of alkyl halides is 3. The molecule has 1 aromatic heterocycles. The summed E-state index contributed by atoms with van der Waals surface area (Å²) in [6.45, 7) is 1.54. The number of piperidine rings is 1. The second kappa shape index (κ2) is 10.1. The maximum absolute atomic E-state index is 12.4. The van der Waals surface area contributed by atoms with Crippen molar-refractivity contribution in [2.24, 2.45) is 0 Å². The summed E-state index contributed by atoms with van der Waals surface area (Å²) in [5.41, 5.74) is 1.46. The van der Waals surface area contributed by atoms with Crippen molar-refractivity contribution < 1.29 is 32.5 Å². The van der Waals surface area contributed by atoms with Crippen LogP contribution in [-0.4, -0.2) is 58.7 Å². The minimum atomic E-state index is -4.74. The molecule has 1 aliphatic heterocycles. The predicted octanol–water partition coefficient (Wildman–Crippen LogP) is 4.01. The Balaban J connectivity index is 1.48. The maximum atomic E-state index is 12.4. The number of aromatic carboxylic acids is 1. The summed E-state index contributed by atoms with van der Waals surface area (Å²) in [7, 11) is 1.58. The van der Waals surface area contributed by atoms with E-state index in [1.54, 1.807) is 19.2 Å². The quantitative estimate of drug-likeness (QED) is 0.488. The summed E-state index contributed by atoms with van der Waals surface area (Å²) in [4.78, 5) is 13.8. The van der Waals surface area contributed by atoms with E-state index in [1.807, 2.05) is 29.2 Å². The minimum absolute atomic E-state index is 0.124. The van der Waals surface area contributed by atoms with E-state index in [4.69, 9.17) is 4.74 Å². The molecule has 0 saturated carbocycles. The maximum Gasteiger partial charge on any atom is 0.573 e. The molecule has 1 unspecified atom stereocenters. The number of hydrogen-bond donors (Lipinski definition) is 2. The first kappa shape index (κ1) is 24.2. The number of benzene rings is 2. The van der Waals surface area contributed by atoms with Crippen molar-refractivity contribution in [1.29, 1.82) is 0 Å². The van der Waals surface area contributed by atoms with Crippen LogP contribution in [0.15, 0.2) is 48.5 Å². The Hall–Kier alpha value is -3.96. The van der Waals surface area contributed by atoms with Crippen LogP contribution in [0, 0.1) is 0 Å². The van der Waals surface area contributed by atoms with Gasteiger partial charge in [0, 0.05) is 24.8 Å². The third-order valence-corrected chi connectivity index (χ3v) is 5.63. The molecule has 2 N–H and O–H groups in total. The lowest BCUT2D eigenvalue weighted by molar-refractivity contribution is -0.274. The Labute approximate surface area is 199 Å². The van der Waals surface area contributed by atoms with E-state index < -0.39 is 12.3 Å². The van der Waals surface area contributed by atoms with E-state index >= 15 is 0 Å². The van der Waals surface area contributed by atoms with Gasteiger partial charge in [-0.05, 0) is 54.8 Å². The van der Waals surface area contributed by atoms with Gasteiger partial charge in [0.1, 0.15) is 11.5 Å². The Kier molecular flexibility index (Phi) is 6.99. The van der Waals surface area contributed by atoms with Gasteiger partial charge in [-0.3, -0.25) is 0 Å². The molecule has 1 fully saturated rings. The van der Waals surface area contributed by atoms with Crippen LogP contribution in [0.3, 0.4) is 0 Å². The average Bonchev–Trinajstić information content (AvgIpc) is 3.21. The number of halogens is 3. The second-order valence-electron chi connectivity index (χ2n) is 8.07. The highest BCUT2D eigenvalue weighted by atomic mass is 19.4. The van der Waals surface area contributed by atoms with Crippen molar-refractivity contribution in [3.63, 3.8) is 0 Å². The van der Waals surface area contributed by atoms with Crippen molar-refractivity contribution in [2.45, 2.75) is 31.8 Å². The number of methoxy groups -OCH3 is 1. The number of rotatable bonds is 8. The first-order valence-electron chi connectivity index (χ1n) is 10.9. The zero-order valence-electron chi connectivity index (χ0n) is 18.8. The fourth-order valence-corrected chi connectivity index (χ4v) is 4.00. The fraction of sp³-hybridized carbons (Fsp3) is 0.348. The number of aromatic nitrogens is 3. The molecule has 1 aliphatic rings. The lowest BCUT2D eigenvalue weighted by Crippen LogP contribution is -2.42. The van der Waals surface area contributed by atoms with Crippen LogP contribution >= 0.6 is 0 Å². The van der Waals surface area contributed by atoms with Gasteiger partial charge in [-0.15, -0.1) is 18.3 Å². The monoisotopic (exact) mass is 491 g/mol. The molecular formula is C23H24F3N5O4. The molecule has 0 aliphatic carbocycles. The van der Waals surface area contributed by atoms with Gasteiger partial charge in [0.15, 0.2) is 5.82 Å². The number of nitrogens with one attached hydrogen (secondary N) is 1. The molecule has 12 heteroatoms. The first-order valence-corrected chi connectivity index (χ1v) is 10.9. The van der Waals surface area contributed by atoms with Crippen LogP contribution in [-0.2, 0) is 6.54 Å². The molecule has 3 aromatic rings. The van der Waals surface area contributed by atoms with Gasteiger partial charge in [0.25, 0.3) is 0 Å². The molecule has 35 heavy (non-hydrogen) atoms. The van der Waals surface area contributed by atoms with Crippen LogP contribution in [0.2, 0.25) is 0 Å². The molecule has 0 radical (unpaired) electrons. The average molecular weight is 491 g/mol. The number of hydrogen-bond acceptors (Lipinski definition) is 7. The van der Waals surface area contributed by atoms with Gasteiger partial charge >= 0.3 is 12.3 Å². The molecule has 0 spiro atoms. The predicted molar refractivity (Wildman–Crippen MR) is 121 cm³/mol. The molecule has 1 saturated heterocycles. The highest BCUT2D eigenvalue weighted by Crippen LogP contribution is 2.28. The number of nitrogens with zero attached hydrogens (tertiary/aromatic N) is 4. The SMILES string of the molecule is COc1ccc(Cn2nnc(C(=O)O)c2NC2CCCN(c3ccc(OC(F)(F)F)cc3)C2)cc1. The van der Waals surface area contributed by atoms with Gasteiger partial charge in [-0.1, -0.05) is 17.3 Å². The topological polar surface area (TPSA) is 102 Å². The molecule has 9 nitrogen and oxygen atoms in total. The van der Waals surface area contributed by atoms with Crippen LogP contribution in [0.4, 0.5) is 24.7 Å². The van der Waals surface area contributed by atoms with Gasteiger partial charge in [0.2, 0.25) is 5.69 Å². The van der Waals surface area contributed by atoms with Crippen LogP contribution in [0.1, 0.15) is 28.9 Å². The van der Waals surface area contributed by atoms with E-state index in [-0.39, 0.29) is 17.5 Å². The van der Waals surface area contributed by atoms with Crippen molar-refractivity contribution in [3.8, 4) is 11.5 Å². The van der Waals surface area contributed by atoms with Crippen LogP contribution < -0.4 is 19.7 Å². The lowest BCUT2D eigenvalue weighted by atomic mass is 10.0. The van der Waals surface area contributed by atoms with Gasteiger partial charge in [-0.2, -0.15) is 0 Å². The Morgan fingerprint density at radius 3 is 2.46 bits per heavy atom. The Morgan fingerprint density at radius 2 is 1.83 bits per heavy atom. The number of carbonyl (C=O) groups is 1. The second-order valence-corrected chi connectivity index (χ2v) is 8.07. The molecule has 4 rings (SSSR count). The normalized spacial score (nSPS) is 16.1. The summed E-state index contributed by atoms with van der Waals surface area (Å²) in [5.74, 6) is -0.472. The number of ether oxygens (including phenoxy) is 2. The van der Waals surface area contributed by atoms with Crippen molar-refractivity contribution in [3.05, 3.63) is 59.8 Å². The molecule has 186 valence electrons. The van der Waals surface area contributed by atoms with Crippen LogP contribution in [0.5, 0.6) is 11.5 Å². The standard InChI is InChI=1S/C23H24F3N5O4/c1-34-18-8-4-15(5-9-18)13-31-21(20(22(32)33)28-29-31)27-16-3-2-12-30(14-16)17-6-10-19(11-7-17)35-23(24,25)26/h4-11,16,27H,2-3,12-14H2,1H3,(H,32,33). The highest BCUT2D eigenvalue weighted by Gasteiger charge is 2.31. The van der Waals surface area contributed by atoms with E-state index in [0.717, 1.165) is 24.1 Å². The molecule has 0 bridgehead atoms. The van der Waals surface area contributed by atoms with Crippen LogP contribution in [0.25, 0.3) is 0 Å². The van der Waals surface area contributed by atoms with E-state index in [9.17, 15) is 23.1 Å². The molecule has 1 atom stereocenters.